The van der Waals surface area contributed by atoms with Crippen LogP contribution in [-0.2, 0) is 4.79 Å². The molecule has 1 aliphatic carbocycles. The van der Waals surface area contributed by atoms with E-state index in [-0.39, 0.29) is 0 Å². The summed E-state index contributed by atoms with van der Waals surface area (Å²) in [5.41, 5.74) is 1.11. The van der Waals surface area contributed by atoms with Crippen LogP contribution in [0, 0.1) is 11.8 Å². The molecule has 0 heterocycles. The topological polar surface area (TPSA) is 17.1 Å². The van der Waals surface area contributed by atoms with Crippen LogP contribution in [0.2, 0.25) is 0 Å². The number of Topliss-reactive ketones (excluding diaryl/α,β-unsaturated/α-hetero) is 1. The Balaban J connectivity index is 3.01. The zero-order chi connectivity index (χ0) is 10.7. The lowest BCUT2D eigenvalue weighted by Crippen LogP contribution is -2.09. The van der Waals surface area contributed by atoms with Crippen LogP contribution in [0.5, 0.6) is 0 Å². The largest absolute Gasteiger partial charge is 0.294 e. The van der Waals surface area contributed by atoms with E-state index in [4.69, 9.17) is 0 Å². The number of carbonyl (C=O) groups excluding carboxylic acids is 1. The van der Waals surface area contributed by atoms with E-state index < -0.39 is 0 Å². The van der Waals surface area contributed by atoms with Crippen LogP contribution in [0.4, 0.5) is 0 Å². The van der Waals surface area contributed by atoms with Gasteiger partial charge in [0.05, 0.1) is 0 Å². The summed E-state index contributed by atoms with van der Waals surface area (Å²) in [7, 11) is 0. The molecule has 1 fully saturated rings. The number of carbonyl (C=O) groups is 1. The molecule has 1 aliphatic rings. The van der Waals surface area contributed by atoms with E-state index in [2.05, 4.69) is 26.4 Å². The van der Waals surface area contributed by atoms with Crippen molar-refractivity contribution in [3.63, 3.8) is 0 Å². The second kappa shape index (κ2) is 5.26. The van der Waals surface area contributed by atoms with Gasteiger partial charge in [0.15, 0.2) is 5.78 Å². The van der Waals surface area contributed by atoms with E-state index in [0.29, 0.717) is 17.6 Å². The van der Waals surface area contributed by atoms with E-state index >= 15 is 0 Å². The van der Waals surface area contributed by atoms with Crippen molar-refractivity contribution in [1.29, 1.82) is 0 Å². The van der Waals surface area contributed by atoms with E-state index in [1.807, 2.05) is 0 Å². The minimum atomic E-state index is 0.377. The molecular formula is C11H18OS2. The second-order valence-corrected chi connectivity index (χ2v) is 5.81. The highest BCUT2D eigenvalue weighted by molar-refractivity contribution is 8.21. The van der Waals surface area contributed by atoms with Gasteiger partial charge in [0.2, 0.25) is 0 Å². The fourth-order valence-corrected chi connectivity index (χ4v) is 3.64. The molecule has 1 rings (SSSR count). The van der Waals surface area contributed by atoms with Crippen molar-refractivity contribution in [3.8, 4) is 0 Å². The van der Waals surface area contributed by atoms with Crippen molar-refractivity contribution in [3.05, 3.63) is 9.81 Å². The molecule has 14 heavy (non-hydrogen) atoms. The molecule has 0 aromatic carbocycles. The highest BCUT2D eigenvalue weighted by atomic mass is 32.2. The van der Waals surface area contributed by atoms with Crippen LogP contribution in [0.25, 0.3) is 0 Å². The normalized spacial score (nSPS) is 22.2. The third-order valence-corrected chi connectivity index (χ3v) is 4.93. The first kappa shape index (κ1) is 12.2. The Morgan fingerprint density at radius 2 is 1.93 bits per heavy atom. The van der Waals surface area contributed by atoms with Crippen LogP contribution in [0.1, 0.15) is 26.7 Å². The zero-order valence-corrected chi connectivity index (χ0v) is 10.9. The van der Waals surface area contributed by atoms with Gasteiger partial charge in [0.1, 0.15) is 0 Å². The number of rotatable bonds is 3. The highest BCUT2D eigenvalue weighted by Gasteiger charge is 2.32. The maximum absolute atomic E-state index is 11.8. The summed E-state index contributed by atoms with van der Waals surface area (Å²) < 4.78 is 1.23. The second-order valence-electron chi connectivity index (χ2n) is 3.92. The monoisotopic (exact) mass is 230 g/mol. The molecule has 0 aromatic heterocycles. The quantitative estimate of drug-likeness (QED) is 0.690. The summed E-state index contributed by atoms with van der Waals surface area (Å²) >= 11 is 3.43. The van der Waals surface area contributed by atoms with Crippen molar-refractivity contribution in [2.75, 3.05) is 12.5 Å². The first-order chi connectivity index (χ1) is 6.61. The Morgan fingerprint density at radius 1 is 1.36 bits per heavy atom. The molecule has 1 saturated carbocycles. The Hall–Kier alpha value is 0.110. The maximum Gasteiger partial charge on any atom is 0.160 e. The predicted molar refractivity (Wildman–Crippen MR) is 66.6 cm³/mol. The molecule has 3 heteroatoms. The Kier molecular flexibility index (Phi) is 4.58. The molecule has 0 aliphatic heterocycles. The average Bonchev–Trinajstić information content (AvgIpc) is 2.51. The van der Waals surface area contributed by atoms with Gasteiger partial charge in [-0.2, -0.15) is 0 Å². The number of thioether (sulfide) groups is 2. The molecule has 0 aromatic rings. The van der Waals surface area contributed by atoms with E-state index in [9.17, 15) is 4.79 Å². The fourth-order valence-electron chi connectivity index (χ4n) is 2.01. The lowest BCUT2D eigenvalue weighted by atomic mass is 9.91. The number of hydrogen-bond donors (Lipinski definition) is 0. The summed E-state index contributed by atoms with van der Waals surface area (Å²) in [6.45, 7) is 4.42. The van der Waals surface area contributed by atoms with Crippen LogP contribution in [0.15, 0.2) is 9.81 Å². The summed E-state index contributed by atoms with van der Waals surface area (Å²) in [4.78, 5) is 11.8. The first-order valence-corrected chi connectivity index (χ1v) is 7.42. The molecule has 0 saturated heterocycles. The van der Waals surface area contributed by atoms with E-state index in [1.165, 1.54) is 4.24 Å². The maximum atomic E-state index is 11.8. The van der Waals surface area contributed by atoms with Gasteiger partial charge in [-0.05, 0) is 30.8 Å². The molecular weight excluding hydrogens is 212 g/mol. The number of allylic oxidation sites excluding steroid dienone is 1. The minimum Gasteiger partial charge on any atom is -0.294 e. The van der Waals surface area contributed by atoms with Crippen LogP contribution in [-0.4, -0.2) is 18.3 Å². The van der Waals surface area contributed by atoms with Gasteiger partial charge in [-0.15, -0.1) is 23.5 Å². The summed E-state index contributed by atoms with van der Waals surface area (Å²) in [5, 5.41) is 0. The fraction of sp³-hybridized carbons (Fsp3) is 0.727. The Bertz CT molecular complexity index is 250. The van der Waals surface area contributed by atoms with Crippen molar-refractivity contribution in [1.82, 2.24) is 0 Å². The molecule has 0 bridgehead atoms. The molecule has 1 atom stereocenters. The molecule has 1 unspecified atom stereocenters. The average molecular weight is 230 g/mol. The molecule has 0 spiro atoms. The standard InChI is InChI=1S/C11H18OS2/c1-7(2)8-5-6-9(12)10(8)11(13-3)14-4/h7-8H,5-6H2,1-4H3. The molecule has 80 valence electrons. The van der Waals surface area contributed by atoms with Crippen LogP contribution >= 0.6 is 23.5 Å². The van der Waals surface area contributed by atoms with Gasteiger partial charge in [0.25, 0.3) is 0 Å². The molecule has 1 nitrogen and oxygen atoms in total. The Morgan fingerprint density at radius 3 is 2.36 bits per heavy atom. The van der Waals surface area contributed by atoms with Gasteiger partial charge >= 0.3 is 0 Å². The van der Waals surface area contributed by atoms with E-state index in [0.717, 1.165) is 18.4 Å². The molecule has 0 amide bonds. The zero-order valence-electron chi connectivity index (χ0n) is 9.29. The van der Waals surface area contributed by atoms with Crippen LogP contribution in [0.3, 0.4) is 0 Å². The van der Waals surface area contributed by atoms with Gasteiger partial charge in [-0.25, -0.2) is 0 Å². The summed E-state index contributed by atoms with van der Waals surface area (Å²) in [6.07, 6.45) is 5.92. The lowest BCUT2D eigenvalue weighted by Gasteiger charge is -2.17. The first-order valence-electron chi connectivity index (χ1n) is 4.97. The van der Waals surface area contributed by atoms with E-state index in [1.54, 1.807) is 23.5 Å². The van der Waals surface area contributed by atoms with Gasteiger partial charge in [-0.1, -0.05) is 13.8 Å². The van der Waals surface area contributed by atoms with Crippen LogP contribution < -0.4 is 0 Å². The van der Waals surface area contributed by atoms with Gasteiger partial charge < -0.3 is 0 Å². The highest BCUT2D eigenvalue weighted by Crippen LogP contribution is 2.41. The predicted octanol–water partition coefficient (Wildman–Crippen LogP) is 3.56. The number of hydrogen-bond acceptors (Lipinski definition) is 3. The molecule has 0 radical (unpaired) electrons. The summed E-state index contributed by atoms with van der Waals surface area (Å²) in [5.74, 6) is 1.46. The Labute approximate surface area is 95.1 Å². The minimum absolute atomic E-state index is 0.377. The van der Waals surface area contributed by atoms with Gasteiger partial charge in [0, 0.05) is 16.2 Å². The smallest absolute Gasteiger partial charge is 0.160 e. The van der Waals surface area contributed by atoms with Crippen molar-refractivity contribution < 1.29 is 4.79 Å². The van der Waals surface area contributed by atoms with Crippen molar-refractivity contribution in [2.24, 2.45) is 11.8 Å². The third-order valence-electron chi connectivity index (χ3n) is 2.75. The molecule has 0 N–H and O–H groups in total. The van der Waals surface area contributed by atoms with Crippen molar-refractivity contribution >= 4 is 29.3 Å². The third kappa shape index (κ3) is 2.37. The summed E-state index contributed by atoms with van der Waals surface area (Å²) in [6, 6.07) is 0. The van der Waals surface area contributed by atoms with Crippen molar-refractivity contribution in [2.45, 2.75) is 26.7 Å². The van der Waals surface area contributed by atoms with Gasteiger partial charge in [-0.3, -0.25) is 4.79 Å². The SMILES string of the molecule is CSC(SC)=C1C(=O)CCC1C(C)C. The lowest BCUT2D eigenvalue weighted by molar-refractivity contribution is -0.114. The number of ketones is 1.